The summed E-state index contributed by atoms with van der Waals surface area (Å²) in [6, 6.07) is 17.2. The lowest BCUT2D eigenvalue weighted by atomic mass is 10.2. The van der Waals surface area contributed by atoms with E-state index in [0.717, 1.165) is 22.6 Å². The predicted molar refractivity (Wildman–Crippen MR) is 91.7 cm³/mol. The summed E-state index contributed by atoms with van der Waals surface area (Å²) in [4.78, 5) is 4.56. The molecule has 5 nitrogen and oxygen atoms in total. The smallest absolute Gasteiger partial charge is 0.226 e. The third-order valence-electron chi connectivity index (χ3n) is 3.63. The van der Waals surface area contributed by atoms with E-state index in [-0.39, 0.29) is 0 Å². The van der Waals surface area contributed by atoms with Crippen LogP contribution in [0.1, 0.15) is 17.0 Å². The van der Waals surface area contributed by atoms with Crippen molar-refractivity contribution in [1.82, 2.24) is 4.98 Å². The number of hydrogen-bond acceptors (Lipinski definition) is 5. The number of aromatic nitrogens is 1. The van der Waals surface area contributed by atoms with E-state index in [1.54, 1.807) is 0 Å². The second-order valence-electron chi connectivity index (χ2n) is 5.27. The lowest BCUT2D eigenvalue weighted by Gasteiger charge is -2.07. The van der Waals surface area contributed by atoms with E-state index >= 15 is 0 Å². The minimum absolute atomic E-state index is 0.456. The summed E-state index contributed by atoms with van der Waals surface area (Å²) in [5, 5.41) is 11.7. The van der Waals surface area contributed by atoms with Crippen LogP contribution >= 0.6 is 0 Å². The van der Waals surface area contributed by atoms with Crippen molar-refractivity contribution < 1.29 is 14.4 Å². The van der Waals surface area contributed by atoms with Gasteiger partial charge in [0.1, 0.15) is 11.5 Å². The number of nitrogens with zero attached hydrogens (tertiary/aromatic N) is 2. The molecule has 0 aliphatic carbocycles. The maximum Gasteiger partial charge on any atom is 0.226 e. The molecule has 0 bridgehead atoms. The van der Waals surface area contributed by atoms with Gasteiger partial charge in [-0.15, -0.1) is 0 Å². The number of benzene rings is 2. The standard InChI is InChI=1S/C19H18N2O3/c1-14-17(21-19(24-14)15-7-3-2-4-8-15)11-12-23-18-10-6-5-9-16(18)13-20-22/h2-10,13,22H,11-12H2,1H3/b20-13-. The average molecular weight is 322 g/mol. The Hall–Kier alpha value is -3.08. The zero-order chi connectivity index (χ0) is 16.8. The second-order valence-corrected chi connectivity index (χ2v) is 5.27. The molecule has 0 aliphatic rings. The van der Waals surface area contributed by atoms with Gasteiger partial charge in [-0.1, -0.05) is 35.5 Å². The molecule has 1 aromatic heterocycles. The summed E-state index contributed by atoms with van der Waals surface area (Å²) < 4.78 is 11.5. The topological polar surface area (TPSA) is 67.9 Å². The van der Waals surface area contributed by atoms with Crippen LogP contribution in [0.2, 0.25) is 0 Å². The van der Waals surface area contributed by atoms with E-state index in [1.165, 1.54) is 6.21 Å². The van der Waals surface area contributed by atoms with E-state index < -0.39 is 0 Å². The van der Waals surface area contributed by atoms with Gasteiger partial charge in [0.2, 0.25) is 5.89 Å². The number of hydrogen-bond donors (Lipinski definition) is 1. The SMILES string of the molecule is Cc1oc(-c2ccccc2)nc1CCOc1ccccc1/C=N\O. The van der Waals surface area contributed by atoms with Crippen LogP contribution in [0, 0.1) is 6.92 Å². The Balaban J connectivity index is 1.67. The first kappa shape index (κ1) is 15.8. The molecule has 122 valence electrons. The maximum absolute atomic E-state index is 8.69. The Labute approximate surface area is 140 Å². The Morgan fingerprint density at radius 3 is 2.67 bits per heavy atom. The Morgan fingerprint density at radius 2 is 1.88 bits per heavy atom. The fraction of sp³-hybridized carbons (Fsp3) is 0.158. The van der Waals surface area contributed by atoms with Crippen molar-refractivity contribution in [2.24, 2.45) is 5.16 Å². The summed E-state index contributed by atoms with van der Waals surface area (Å²) in [6.07, 6.45) is 1.98. The van der Waals surface area contributed by atoms with Crippen molar-refractivity contribution in [3.05, 3.63) is 71.6 Å². The van der Waals surface area contributed by atoms with Gasteiger partial charge < -0.3 is 14.4 Å². The van der Waals surface area contributed by atoms with Gasteiger partial charge in [-0.05, 0) is 31.2 Å². The van der Waals surface area contributed by atoms with Gasteiger partial charge in [0.25, 0.3) is 0 Å². The van der Waals surface area contributed by atoms with Gasteiger partial charge in [-0.3, -0.25) is 0 Å². The zero-order valence-corrected chi connectivity index (χ0v) is 13.3. The van der Waals surface area contributed by atoms with Gasteiger partial charge in [-0.25, -0.2) is 4.98 Å². The number of oxime groups is 1. The molecule has 5 heteroatoms. The lowest BCUT2D eigenvalue weighted by molar-refractivity contribution is 0.315. The molecule has 24 heavy (non-hydrogen) atoms. The molecule has 0 atom stereocenters. The predicted octanol–water partition coefficient (Wildman–Crippen LogP) is 4.08. The van der Waals surface area contributed by atoms with Crippen molar-refractivity contribution in [2.45, 2.75) is 13.3 Å². The summed E-state index contributed by atoms with van der Waals surface area (Å²) in [5.74, 6) is 2.08. The number of para-hydroxylation sites is 1. The van der Waals surface area contributed by atoms with E-state index in [4.69, 9.17) is 14.4 Å². The van der Waals surface area contributed by atoms with Crippen LogP contribution in [0.4, 0.5) is 0 Å². The van der Waals surface area contributed by atoms with Crippen molar-refractivity contribution in [1.29, 1.82) is 0 Å². The minimum Gasteiger partial charge on any atom is -0.492 e. The van der Waals surface area contributed by atoms with Crippen LogP contribution in [-0.4, -0.2) is 23.0 Å². The van der Waals surface area contributed by atoms with Crippen LogP contribution in [0.5, 0.6) is 5.75 Å². The molecular weight excluding hydrogens is 304 g/mol. The quantitative estimate of drug-likeness (QED) is 0.422. The maximum atomic E-state index is 8.69. The highest BCUT2D eigenvalue weighted by molar-refractivity contribution is 5.82. The van der Waals surface area contributed by atoms with Gasteiger partial charge in [0.05, 0.1) is 18.5 Å². The van der Waals surface area contributed by atoms with Crippen LogP contribution in [0.25, 0.3) is 11.5 Å². The van der Waals surface area contributed by atoms with Crippen LogP contribution in [0.15, 0.2) is 64.2 Å². The van der Waals surface area contributed by atoms with E-state index in [9.17, 15) is 0 Å². The zero-order valence-electron chi connectivity index (χ0n) is 13.3. The Morgan fingerprint density at radius 1 is 1.12 bits per heavy atom. The van der Waals surface area contributed by atoms with Gasteiger partial charge in [0.15, 0.2) is 0 Å². The highest BCUT2D eigenvalue weighted by atomic mass is 16.5. The van der Waals surface area contributed by atoms with E-state index in [0.29, 0.717) is 24.7 Å². The monoisotopic (exact) mass is 322 g/mol. The van der Waals surface area contributed by atoms with Gasteiger partial charge in [-0.2, -0.15) is 0 Å². The molecule has 1 N–H and O–H groups in total. The highest BCUT2D eigenvalue weighted by Gasteiger charge is 2.11. The molecule has 0 spiro atoms. The lowest BCUT2D eigenvalue weighted by Crippen LogP contribution is -2.04. The highest BCUT2D eigenvalue weighted by Crippen LogP contribution is 2.22. The molecular formula is C19H18N2O3. The molecule has 0 amide bonds. The molecule has 0 saturated heterocycles. The van der Waals surface area contributed by atoms with Crippen molar-refractivity contribution in [3.8, 4) is 17.2 Å². The third kappa shape index (κ3) is 3.63. The fourth-order valence-electron chi connectivity index (χ4n) is 2.40. The summed E-state index contributed by atoms with van der Waals surface area (Å²) in [6.45, 7) is 2.36. The van der Waals surface area contributed by atoms with E-state index in [2.05, 4.69) is 10.1 Å². The first-order valence-corrected chi connectivity index (χ1v) is 7.69. The largest absolute Gasteiger partial charge is 0.492 e. The molecule has 0 radical (unpaired) electrons. The first-order valence-electron chi connectivity index (χ1n) is 7.69. The first-order chi connectivity index (χ1) is 11.8. The molecule has 3 rings (SSSR count). The molecule has 0 unspecified atom stereocenters. The Kier molecular flexibility index (Phi) is 4.91. The average Bonchev–Trinajstić information content (AvgIpc) is 2.98. The molecule has 0 aliphatic heterocycles. The van der Waals surface area contributed by atoms with Crippen LogP contribution < -0.4 is 4.74 Å². The number of aryl methyl sites for hydroxylation is 1. The summed E-state index contributed by atoms with van der Waals surface area (Å²) in [7, 11) is 0. The van der Waals surface area contributed by atoms with E-state index in [1.807, 2.05) is 61.5 Å². The summed E-state index contributed by atoms with van der Waals surface area (Å²) >= 11 is 0. The number of rotatable bonds is 6. The molecule has 0 fully saturated rings. The number of oxazole rings is 1. The minimum atomic E-state index is 0.456. The Bertz CT molecular complexity index is 826. The van der Waals surface area contributed by atoms with Gasteiger partial charge >= 0.3 is 0 Å². The molecule has 3 aromatic rings. The van der Waals surface area contributed by atoms with Crippen LogP contribution in [0.3, 0.4) is 0 Å². The van der Waals surface area contributed by atoms with Crippen molar-refractivity contribution in [3.63, 3.8) is 0 Å². The third-order valence-corrected chi connectivity index (χ3v) is 3.63. The molecule has 2 aromatic carbocycles. The number of ether oxygens (including phenoxy) is 1. The fourth-order valence-corrected chi connectivity index (χ4v) is 2.40. The summed E-state index contributed by atoms with van der Waals surface area (Å²) in [5.41, 5.74) is 2.56. The molecule has 1 heterocycles. The normalized spacial score (nSPS) is 11.0. The van der Waals surface area contributed by atoms with Gasteiger partial charge in [0, 0.05) is 17.5 Å². The molecule has 0 saturated carbocycles. The van der Waals surface area contributed by atoms with Crippen molar-refractivity contribution in [2.75, 3.05) is 6.61 Å². The van der Waals surface area contributed by atoms with Crippen molar-refractivity contribution >= 4 is 6.21 Å². The van der Waals surface area contributed by atoms with Crippen LogP contribution in [-0.2, 0) is 6.42 Å². The second kappa shape index (κ2) is 7.46.